The molecule has 0 bridgehead atoms. The van der Waals surface area contributed by atoms with Gasteiger partial charge in [-0.05, 0) is 27.8 Å². The van der Waals surface area contributed by atoms with E-state index < -0.39 is 5.97 Å². The first-order chi connectivity index (χ1) is 8.40. The van der Waals surface area contributed by atoms with E-state index in [0.29, 0.717) is 22.7 Å². The Morgan fingerprint density at radius 3 is 2.39 bits per heavy atom. The second-order valence-corrected chi connectivity index (χ2v) is 5.96. The van der Waals surface area contributed by atoms with Crippen LogP contribution in [-0.2, 0) is 0 Å². The van der Waals surface area contributed by atoms with Crippen LogP contribution in [0, 0.1) is 6.92 Å². The lowest BCUT2D eigenvalue weighted by molar-refractivity contribution is 0.0701. The van der Waals surface area contributed by atoms with Crippen molar-refractivity contribution in [3.63, 3.8) is 0 Å². The smallest absolute Gasteiger partial charge is 0.347 e. The lowest BCUT2D eigenvalue weighted by atomic mass is 10.1. The second kappa shape index (κ2) is 4.85. The van der Waals surface area contributed by atoms with Crippen molar-refractivity contribution in [2.75, 3.05) is 25.0 Å². The number of carbonyl (C=O) groups is 1. The van der Waals surface area contributed by atoms with Crippen LogP contribution in [0.1, 0.15) is 29.2 Å². The molecule has 2 unspecified atom stereocenters. The molecule has 1 aromatic rings. The van der Waals surface area contributed by atoms with Gasteiger partial charge in [0.2, 0.25) is 0 Å². The quantitative estimate of drug-likeness (QED) is 0.885. The highest BCUT2D eigenvalue weighted by atomic mass is 32.1. The number of nitrogens with zero attached hydrogens (tertiary/aromatic N) is 3. The number of hydrogen-bond acceptors (Lipinski definition) is 5. The van der Waals surface area contributed by atoms with E-state index in [9.17, 15) is 4.79 Å². The molecule has 5 nitrogen and oxygen atoms in total. The molecule has 2 atom stereocenters. The number of carboxylic acid groups (broad SMARTS) is 1. The summed E-state index contributed by atoms with van der Waals surface area (Å²) in [5.41, 5.74) is 0.613. The average Bonchev–Trinajstić information content (AvgIpc) is 2.67. The third-order valence-corrected chi connectivity index (χ3v) is 4.82. The van der Waals surface area contributed by atoms with Crippen LogP contribution in [0.2, 0.25) is 0 Å². The summed E-state index contributed by atoms with van der Waals surface area (Å²) in [7, 11) is 2.13. The first-order valence-electron chi connectivity index (χ1n) is 6.07. The Morgan fingerprint density at radius 2 is 1.94 bits per heavy atom. The van der Waals surface area contributed by atoms with E-state index in [0.717, 1.165) is 18.2 Å². The highest BCUT2D eigenvalue weighted by Gasteiger charge is 2.29. The molecular weight excluding hydrogens is 250 g/mol. The zero-order valence-electron chi connectivity index (χ0n) is 11.2. The Hall–Kier alpha value is -1.14. The Balaban J connectivity index is 2.22. The molecule has 0 radical (unpaired) electrons. The number of piperazine rings is 1. The Labute approximate surface area is 111 Å². The number of carboxylic acids is 1. The molecule has 0 aromatic carbocycles. The molecule has 0 aliphatic carbocycles. The third kappa shape index (κ3) is 2.35. The van der Waals surface area contributed by atoms with E-state index in [2.05, 4.69) is 35.7 Å². The molecule has 0 saturated carbocycles. The van der Waals surface area contributed by atoms with E-state index in [4.69, 9.17) is 5.11 Å². The highest BCUT2D eigenvalue weighted by molar-refractivity contribution is 7.17. The Kier molecular flexibility index (Phi) is 3.59. The molecule has 6 heteroatoms. The predicted octanol–water partition coefficient (Wildman–Crippen LogP) is 1.68. The minimum absolute atomic E-state index is 0.351. The molecule has 18 heavy (non-hydrogen) atoms. The summed E-state index contributed by atoms with van der Waals surface area (Å²) >= 11 is 1.28. The van der Waals surface area contributed by atoms with Gasteiger partial charge in [-0.1, -0.05) is 11.3 Å². The number of thiazole rings is 1. The molecule has 0 amide bonds. The summed E-state index contributed by atoms with van der Waals surface area (Å²) in [4.78, 5) is 20.3. The fraction of sp³-hybridized carbons (Fsp3) is 0.667. The van der Waals surface area contributed by atoms with Gasteiger partial charge in [0.1, 0.15) is 4.88 Å². The number of aromatic nitrogens is 1. The normalized spacial score (nSPS) is 25.4. The number of rotatable bonds is 2. The van der Waals surface area contributed by atoms with E-state index in [1.165, 1.54) is 11.3 Å². The predicted molar refractivity (Wildman–Crippen MR) is 72.7 cm³/mol. The Bertz CT molecular complexity index is 448. The van der Waals surface area contributed by atoms with Gasteiger partial charge in [-0.3, -0.25) is 4.90 Å². The SMILES string of the molecule is Cc1nc(N2CC(C)N(C)C(C)C2)sc1C(=O)O. The van der Waals surface area contributed by atoms with Gasteiger partial charge in [-0.15, -0.1) is 0 Å². The topological polar surface area (TPSA) is 56.7 Å². The minimum Gasteiger partial charge on any atom is -0.477 e. The van der Waals surface area contributed by atoms with Crippen LogP contribution in [0.4, 0.5) is 5.13 Å². The lowest BCUT2D eigenvalue weighted by Crippen LogP contribution is -2.55. The van der Waals surface area contributed by atoms with Gasteiger partial charge < -0.3 is 10.0 Å². The van der Waals surface area contributed by atoms with Crippen molar-refractivity contribution < 1.29 is 9.90 Å². The van der Waals surface area contributed by atoms with Gasteiger partial charge >= 0.3 is 5.97 Å². The molecule has 100 valence electrons. The zero-order chi connectivity index (χ0) is 13.4. The molecule has 0 spiro atoms. The van der Waals surface area contributed by atoms with Crippen LogP contribution >= 0.6 is 11.3 Å². The molecule has 1 aliphatic heterocycles. The van der Waals surface area contributed by atoms with Gasteiger partial charge in [-0.2, -0.15) is 0 Å². The van der Waals surface area contributed by atoms with Crippen molar-refractivity contribution in [1.29, 1.82) is 0 Å². The monoisotopic (exact) mass is 269 g/mol. The summed E-state index contributed by atoms with van der Waals surface area (Å²) in [5, 5.41) is 9.90. The van der Waals surface area contributed by atoms with Crippen molar-refractivity contribution in [3.05, 3.63) is 10.6 Å². The van der Waals surface area contributed by atoms with Crippen LogP contribution < -0.4 is 4.90 Å². The maximum Gasteiger partial charge on any atom is 0.347 e. The standard InChI is InChI=1S/C12H19N3O2S/c1-7-5-15(6-8(2)14(7)4)12-13-9(3)10(18-12)11(16)17/h7-8H,5-6H2,1-4H3,(H,16,17). The second-order valence-electron chi connectivity index (χ2n) is 4.98. The van der Waals surface area contributed by atoms with E-state index in [-0.39, 0.29) is 0 Å². The molecule has 2 heterocycles. The molecule has 1 fully saturated rings. The van der Waals surface area contributed by atoms with Crippen LogP contribution in [0.25, 0.3) is 0 Å². The maximum absolute atomic E-state index is 11.0. The van der Waals surface area contributed by atoms with Crippen LogP contribution in [0.3, 0.4) is 0 Å². The van der Waals surface area contributed by atoms with Gasteiger partial charge in [0.25, 0.3) is 0 Å². The van der Waals surface area contributed by atoms with Gasteiger partial charge in [0, 0.05) is 25.2 Å². The van der Waals surface area contributed by atoms with E-state index in [1.54, 1.807) is 6.92 Å². The summed E-state index contributed by atoms with van der Waals surface area (Å²) in [6, 6.07) is 0.900. The van der Waals surface area contributed by atoms with E-state index >= 15 is 0 Å². The van der Waals surface area contributed by atoms with Crippen molar-refractivity contribution in [2.24, 2.45) is 0 Å². The zero-order valence-corrected chi connectivity index (χ0v) is 12.0. The number of likely N-dealkylation sites (N-methyl/N-ethyl adjacent to an activating group) is 1. The molecule has 2 rings (SSSR count). The van der Waals surface area contributed by atoms with Crippen molar-refractivity contribution >= 4 is 22.4 Å². The van der Waals surface area contributed by atoms with Crippen molar-refractivity contribution in [2.45, 2.75) is 32.9 Å². The minimum atomic E-state index is -0.883. The average molecular weight is 269 g/mol. The van der Waals surface area contributed by atoms with Crippen LogP contribution in [-0.4, -0.2) is 53.2 Å². The van der Waals surface area contributed by atoms with Crippen LogP contribution in [0.15, 0.2) is 0 Å². The summed E-state index contributed by atoms with van der Waals surface area (Å²) < 4.78 is 0. The fourth-order valence-corrected chi connectivity index (χ4v) is 3.20. The first-order valence-corrected chi connectivity index (χ1v) is 6.89. The summed E-state index contributed by atoms with van der Waals surface area (Å²) in [6.07, 6.45) is 0. The number of aryl methyl sites for hydroxylation is 1. The third-order valence-electron chi connectivity index (χ3n) is 3.61. The number of anilines is 1. The molecule has 1 saturated heterocycles. The van der Waals surface area contributed by atoms with Gasteiger partial charge in [0.15, 0.2) is 5.13 Å². The highest BCUT2D eigenvalue weighted by Crippen LogP contribution is 2.28. The van der Waals surface area contributed by atoms with Crippen molar-refractivity contribution in [1.82, 2.24) is 9.88 Å². The number of hydrogen-bond donors (Lipinski definition) is 1. The fourth-order valence-electron chi connectivity index (χ4n) is 2.28. The van der Waals surface area contributed by atoms with Crippen LogP contribution in [0.5, 0.6) is 0 Å². The summed E-state index contributed by atoms with van der Waals surface area (Å²) in [5.74, 6) is -0.883. The molecule has 1 aliphatic rings. The van der Waals surface area contributed by atoms with E-state index in [1.807, 2.05) is 0 Å². The summed E-state index contributed by atoms with van der Waals surface area (Å²) in [6.45, 7) is 7.91. The molecule has 1 N–H and O–H groups in total. The van der Waals surface area contributed by atoms with Crippen molar-refractivity contribution in [3.8, 4) is 0 Å². The Morgan fingerprint density at radius 1 is 1.39 bits per heavy atom. The largest absolute Gasteiger partial charge is 0.477 e. The maximum atomic E-state index is 11.0. The lowest BCUT2D eigenvalue weighted by Gasteiger charge is -2.42. The molecule has 1 aromatic heterocycles. The van der Waals surface area contributed by atoms with Gasteiger partial charge in [-0.25, -0.2) is 9.78 Å². The van der Waals surface area contributed by atoms with Gasteiger partial charge in [0.05, 0.1) is 5.69 Å². The molecular formula is C12H19N3O2S. The first kappa shape index (κ1) is 13.3. The number of aromatic carboxylic acids is 1.